The normalized spacial score (nSPS) is 20.7. The van der Waals surface area contributed by atoms with Gasteiger partial charge in [0.15, 0.2) is 5.65 Å². The first-order chi connectivity index (χ1) is 15.5. The van der Waals surface area contributed by atoms with Crippen molar-refractivity contribution in [1.29, 1.82) is 0 Å². The van der Waals surface area contributed by atoms with Crippen molar-refractivity contribution in [2.24, 2.45) is 17.9 Å². The number of nitrogens with zero attached hydrogens (tertiary/aromatic N) is 5. The molecule has 3 aromatic heterocycles. The van der Waals surface area contributed by atoms with Crippen molar-refractivity contribution in [2.75, 3.05) is 0 Å². The van der Waals surface area contributed by atoms with Gasteiger partial charge in [0.2, 0.25) is 0 Å². The number of imidazole rings is 1. The highest BCUT2D eigenvalue weighted by Crippen LogP contribution is 2.42. The van der Waals surface area contributed by atoms with Crippen molar-refractivity contribution in [3.8, 4) is 0 Å². The summed E-state index contributed by atoms with van der Waals surface area (Å²) >= 11 is 0. The Kier molecular flexibility index (Phi) is 5.88. The van der Waals surface area contributed by atoms with Crippen molar-refractivity contribution in [3.05, 3.63) is 52.6 Å². The van der Waals surface area contributed by atoms with Gasteiger partial charge in [0.1, 0.15) is 12.0 Å². The fraction of sp³-hybridized carbons (Fsp3) is 0.560. The molecule has 0 spiro atoms. The molecule has 3 aromatic rings. The molecule has 3 heterocycles. The topological polar surface area (TPSA) is 94.7 Å². The maximum Gasteiger partial charge on any atom is 0.330 e. The van der Waals surface area contributed by atoms with E-state index in [0.29, 0.717) is 17.9 Å². The van der Waals surface area contributed by atoms with Crippen molar-refractivity contribution in [3.63, 3.8) is 0 Å². The van der Waals surface area contributed by atoms with Gasteiger partial charge in [-0.15, -0.1) is 0 Å². The highest BCUT2D eigenvalue weighted by atomic mass is 16.2. The van der Waals surface area contributed by atoms with Crippen LogP contribution in [0.15, 0.2) is 35.5 Å². The van der Waals surface area contributed by atoms with E-state index in [1.807, 2.05) is 16.7 Å². The Labute approximate surface area is 194 Å². The molecule has 1 aliphatic carbocycles. The maximum absolute atomic E-state index is 12.9. The first-order valence-corrected chi connectivity index (χ1v) is 11.6. The second-order valence-electron chi connectivity index (χ2n) is 11.1. The van der Waals surface area contributed by atoms with Crippen LogP contribution in [0.3, 0.4) is 0 Å². The molecule has 8 nitrogen and oxygen atoms in total. The molecular formula is C25H34N6O2. The van der Waals surface area contributed by atoms with E-state index in [0.717, 1.165) is 30.5 Å². The lowest BCUT2D eigenvalue weighted by Gasteiger charge is -2.42. The van der Waals surface area contributed by atoms with Crippen LogP contribution in [0.4, 0.5) is 0 Å². The van der Waals surface area contributed by atoms with E-state index in [-0.39, 0.29) is 34.4 Å². The Balaban J connectivity index is 1.61. The van der Waals surface area contributed by atoms with Crippen LogP contribution in [0.1, 0.15) is 76.0 Å². The lowest BCUT2D eigenvalue weighted by atomic mass is 9.68. The van der Waals surface area contributed by atoms with Gasteiger partial charge in [-0.1, -0.05) is 34.6 Å². The average molecular weight is 451 g/mol. The van der Waals surface area contributed by atoms with E-state index in [2.05, 4.69) is 49.9 Å². The number of rotatable bonds is 4. The maximum atomic E-state index is 12.9. The second-order valence-corrected chi connectivity index (χ2v) is 11.1. The standard InChI is InChI=1S/C25H34N6O2/c1-24(2,3)14-31-19-8-7-17(28-21(19)30(6)23(31)33)16-9-11-25(4,5)20(13-16)29-22(32)18-10-12-26-15-27-18/h7-8,10,12,15-16,20H,9,11,13-14H2,1-6H3,(H,29,32). The average Bonchev–Trinajstić information content (AvgIpc) is 2.99. The van der Waals surface area contributed by atoms with Crippen molar-refractivity contribution in [1.82, 2.24) is 29.4 Å². The predicted molar refractivity (Wildman–Crippen MR) is 128 cm³/mol. The number of fused-ring (bicyclic) bond motifs is 1. The molecule has 0 saturated heterocycles. The second kappa shape index (κ2) is 8.39. The summed E-state index contributed by atoms with van der Waals surface area (Å²) in [4.78, 5) is 38.5. The van der Waals surface area contributed by atoms with Crippen LogP contribution in [0.25, 0.3) is 11.2 Å². The van der Waals surface area contributed by atoms with Crippen molar-refractivity contribution >= 4 is 17.1 Å². The SMILES string of the molecule is Cn1c(=O)n(CC(C)(C)C)c2ccc(C3CCC(C)(C)C(NC(=O)c4ccncn4)C3)nc21. The third kappa shape index (κ3) is 4.70. The first-order valence-electron chi connectivity index (χ1n) is 11.6. The van der Waals surface area contributed by atoms with Crippen LogP contribution in [0.5, 0.6) is 0 Å². The molecule has 1 fully saturated rings. The van der Waals surface area contributed by atoms with Gasteiger partial charge in [-0.05, 0) is 48.3 Å². The zero-order valence-electron chi connectivity index (χ0n) is 20.4. The molecule has 4 rings (SSSR count). The lowest BCUT2D eigenvalue weighted by molar-refractivity contribution is 0.0831. The molecule has 0 bridgehead atoms. The minimum Gasteiger partial charge on any atom is -0.347 e. The molecule has 1 aliphatic rings. The zero-order chi connectivity index (χ0) is 24.0. The number of pyridine rings is 1. The number of hydrogen-bond donors (Lipinski definition) is 1. The van der Waals surface area contributed by atoms with Gasteiger partial charge < -0.3 is 5.32 Å². The van der Waals surface area contributed by atoms with Crippen molar-refractivity contribution in [2.45, 2.75) is 72.4 Å². The van der Waals surface area contributed by atoms with Crippen LogP contribution in [-0.4, -0.2) is 36.0 Å². The van der Waals surface area contributed by atoms with Gasteiger partial charge in [-0.25, -0.2) is 19.7 Å². The van der Waals surface area contributed by atoms with E-state index in [1.54, 1.807) is 23.9 Å². The van der Waals surface area contributed by atoms with Gasteiger partial charge in [0, 0.05) is 37.4 Å². The quantitative estimate of drug-likeness (QED) is 0.655. The number of nitrogens with one attached hydrogen (secondary N) is 1. The molecule has 8 heteroatoms. The minimum atomic E-state index is -0.179. The van der Waals surface area contributed by atoms with Crippen LogP contribution in [0.2, 0.25) is 0 Å². The van der Waals surface area contributed by atoms with Crippen LogP contribution in [-0.2, 0) is 13.6 Å². The van der Waals surface area contributed by atoms with Gasteiger partial charge in [-0.2, -0.15) is 0 Å². The van der Waals surface area contributed by atoms with E-state index in [9.17, 15) is 9.59 Å². The smallest absolute Gasteiger partial charge is 0.330 e. The number of hydrogen-bond acceptors (Lipinski definition) is 5. The van der Waals surface area contributed by atoms with Gasteiger partial charge >= 0.3 is 5.69 Å². The Hall–Kier alpha value is -3.03. The molecule has 0 radical (unpaired) electrons. The molecule has 2 atom stereocenters. The van der Waals surface area contributed by atoms with E-state index in [1.165, 1.54) is 6.33 Å². The highest BCUT2D eigenvalue weighted by Gasteiger charge is 2.38. The van der Waals surface area contributed by atoms with Crippen LogP contribution in [0, 0.1) is 10.8 Å². The Morgan fingerprint density at radius 2 is 2.00 bits per heavy atom. The Morgan fingerprint density at radius 1 is 1.24 bits per heavy atom. The summed E-state index contributed by atoms with van der Waals surface area (Å²) in [6, 6.07) is 5.69. The Bertz CT molecular complexity index is 1220. The lowest BCUT2D eigenvalue weighted by Crippen LogP contribution is -2.48. The summed E-state index contributed by atoms with van der Waals surface area (Å²) in [6.45, 7) is 11.4. The fourth-order valence-electron chi connectivity index (χ4n) is 4.76. The largest absolute Gasteiger partial charge is 0.347 e. The predicted octanol–water partition coefficient (Wildman–Crippen LogP) is 3.66. The molecule has 0 aromatic carbocycles. The molecule has 2 unspecified atom stereocenters. The number of amides is 1. The molecule has 0 aliphatic heterocycles. The fourth-order valence-corrected chi connectivity index (χ4v) is 4.76. The molecule has 176 valence electrons. The first kappa shape index (κ1) is 23.1. The summed E-state index contributed by atoms with van der Waals surface area (Å²) in [5, 5.41) is 3.20. The molecule has 1 N–H and O–H groups in total. The van der Waals surface area contributed by atoms with Crippen LogP contribution < -0.4 is 11.0 Å². The third-order valence-corrected chi connectivity index (χ3v) is 6.77. The highest BCUT2D eigenvalue weighted by molar-refractivity contribution is 5.92. The summed E-state index contributed by atoms with van der Waals surface area (Å²) in [5.74, 6) is 0.0281. The summed E-state index contributed by atoms with van der Waals surface area (Å²) in [5.41, 5.74) is 2.84. The number of carbonyl (C=O) groups excluding carboxylic acids is 1. The third-order valence-electron chi connectivity index (χ3n) is 6.77. The summed E-state index contributed by atoms with van der Waals surface area (Å²) in [7, 11) is 1.79. The molecule has 33 heavy (non-hydrogen) atoms. The summed E-state index contributed by atoms with van der Waals surface area (Å²) in [6.07, 6.45) is 5.71. The number of aryl methyl sites for hydroxylation is 1. The monoisotopic (exact) mass is 450 g/mol. The van der Waals surface area contributed by atoms with Gasteiger partial charge in [0.05, 0.1) is 5.52 Å². The molecule has 1 amide bonds. The van der Waals surface area contributed by atoms with Gasteiger partial charge in [-0.3, -0.25) is 13.9 Å². The Morgan fingerprint density at radius 3 is 2.67 bits per heavy atom. The van der Waals surface area contributed by atoms with E-state index >= 15 is 0 Å². The van der Waals surface area contributed by atoms with E-state index < -0.39 is 0 Å². The van der Waals surface area contributed by atoms with Crippen LogP contribution >= 0.6 is 0 Å². The van der Waals surface area contributed by atoms with E-state index in [4.69, 9.17) is 4.98 Å². The minimum absolute atomic E-state index is 0.00878. The van der Waals surface area contributed by atoms with Gasteiger partial charge in [0.25, 0.3) is 5.91 Å². The number of carbonyl (C=O) groups is 1. The zero-order valence-corrected chi connectivity index (χ0v) is 20.4. The van der Waals surface area contributed by atoms with Crippen molar-refractivity contribution < 1.29 is 4.79 Å². The molecule has 1 saturated carbocycles. The number of aromatic nitrogens is 5. The summed E-state index contributed by atoms with van der Waals surface area (Å²) < 4.78 is 3.46. The molecular weight excluding hydrogens is 416 g/mol.